The lowest BCUT2D eigenvalue weighted by molar-refractivity contribution is 0.0691. The SMILES string of the molecule is COCC(CCO)Nc1cc(C(=O)O)nc2ccccc12. The second-order valence-corrected chi connectivity index (χ2v) is 4.69. The van der Waals surface area contributed by atoms with Crippen LogP contribution in [0.15, 0.2) is 30.3 Å². The number of fused-ring (bicyclic) bond motifs is 1. The van der Waals surface area contributed by atoms with Gasteiger partial charge in [-0.2, -0.15) is 0 Å². The van der Waals surface area contributed by atoms with E-state index in [1.807, 2.05) is 18.2 Å². The summed E-state index contributed by atoms with van der Waals surface area (Å²) >= 11 is 0. The van der Waals surface area contributed by atoms with Crippen LogP contribution in [0.3, 0.4) is 0 Å². The number of rotatable bonds is 7. The Bertz CT molecular complexity index is 624. The number of nitrogens with one attached hydrogen (secondary N) is 1. The van der Waals surface area contributed by atoms with Crippen LogP contribution in [0.2, 0.25) is 0 Å². The molecule has 1 heterocycles. The van der Waals surface area contributed by atoms with Crippen molar-refractivity contribution in [2.75, 3.05) is 25.6 Å². The van der Waals surface area contributed by atoms with E-state index < -0.39 is 5.97 Å². The Hall–Kier alpha value is -2.18. The van der Waals surface area contributed by atoms with E-state index in [1.54, 1.807) is 13.2 Å². The molecule has 0 saturated heterocycles. The zero-order valence-corrected chi connectivity index (χ0v) is 11.7. The number of aromatic nitrogens is 1. The highest BCUT2D eigenvalue weighted by Crippen LogP contribution is 2.24. The molecule has 0 fully saturated rings. The zero-order valence-electron chi connectivity index (χ0n) is 11.7. The van der Waals surface area contributed by atoms with Gasteiger partial charge in [0, 0.05) is 24.8 Å². The van der Waals surface area contributed by atoms with Crippen molar-refractivity contribution in [3.8, 4) is 0 Å². The minimum absolute atomic E-state index is 0.0173. The first-order valence-corrected chi connectivity index (χ1v) is 6.65. The summed E-state index contributed by atoms with van der Waals surface area (Å²) in [6, 6.07) is 8.72. The van der Waals surface area contributed by atoms with Crippen molar-refractivity contribution in [2.45, 2.75) is 12.5 Å². The fraction of sp³-hybridized carbons (Fsp3) is 0.333. The van der Waals surface area contributed by atoms with Crippen LogP contribution in [0, 0.1) is 0 Å². The van der Waals surface area contributed by atoms with Crippen LogP contribution >= 0.6 is 0 Å². The average Bonchev–Trinajstić information content (AvgIpc) is 2.47. The number of ether oxygens (including phenoxy) is 1. The van der Waals surface area contributed by atoms with Crippen LogP contribution in [0.1, 0.15) is 16.9 Å². The maximum absolute atomic E-state index is 11.2. The molecule has 0 aliphatic heterocycles. The molecule has 1 atom stereocenters. The number of carbonyl (C=O) groups is 1. The number of carboxylic acids is 1. The molecule has 112 valence electrons. The molecule has 0 bridgehead atoms. The Morgan fingerprint density at radius 3 is 2.86 bits per heavy atom. The molecule has 6 heteroatoms. The van der Waals surface area contributed by atoms with Crippen LogP contribution in [0.25, 0.3) is 10.9 Å². The van der Waals surface area contributed by atoms with Crippen molar-refractivity contribution in [3.63, 3.8) is 0 Å². The van der Waals surface area contributed by atoms with Gasteiger partial charge in [0.25, 0.3) is 0 Å². The number of methoxy groups -OCH3 is 1. The van der Waals surface area contributed by atoms with Crippen LogP contribution in [0.5, 0.6) is 0 Å². The molecular formula is C15H18N2O4. The molecular weight excluding hydrogens is 272 g/mol. The molecule has 21 heavy (non-hydrogen) atoms. The van der Waals surface area contributed by atoms with Gasteiger partial charge in [-0.25, -0.2) is 9.78 Å². The molecule has 0 aliphatic carbocycles. The van der Waals surface area contributed by atoms with E-state index >= 15 is 0 Å². The highest BCUT2D eigenvalue weighted by Gasteiger charge is 2.14. The monoisotopic (exact) mass is 290 g/mol. The second-order valence-electron chi connectivity index (χ2n) is 4.69. The number of hydrogen-bond donors (Lipinski definition) is 3. The Balaban J connectivity index is 2.42. The minimum atomic E-state index is -1.07. The summed E-state index contributed by atoms with van der Waals surface area (Å²) in [5.41, 5.74) is 1.27. The summed E-state index contributed by atoms with van der Waals surface area (Å²) in [7, 11) is 1.58. The standard InChI is InChI=1S/C15H18N2O4/c1-21-9-10(6-7-18)16-13-8-14(15(19)20)17-12-5-3-2-4-11(12)13/h2-5,8,10,18H,6-7,9H2,1H3,(H,16,17)(H,19,20). The first-order chi connectivity index (χ1) is 10.2. The molecule has 2 aromatic rings. The summed E-state index contributed by atoms with van der Waals surface area (Å²) in [6.07, 6.45) is 0.507. The summed E-state index contributed by atoms with van der Waals surface area (Å²) in [6.45, 7) is 0.440. The number of anilines is 1. The lowest BCUT2D eigenvalue weighted by Crippen LogP contribution is -2.26. The highest BCUT2D eigenvalue weighted by atomic mass is 16.5. The van der Waals surface area contributed by atoms with Crippen molar-refractivity contribution >= 4 is 22.6 Å². The number of pyridine rings is 1. The minimum Gasteiger partial charge on any atom is -0.477 e. The van der Waals surface area contributed by atoms with Gasteiger partial charge in [-0.05, 0) is 18.6 Å². The third kappa shape index (κ3) is 3.68. The predicted molar refractivity (Wildman–Crippen MR) is 79.7 cm³/mol. The number of para-hydroxylation sites is 1. The van der Waals surface area contributed by atoms with Crippen LogP contribution in [-0.2, 0) is 4.74 Å². The Morgan fingerprint density at radius 1 is 1.43 bits per heavy atom. The molecule has 0 saturated carbocycles. The average molecular weight is 290 g/mol. The molecule has 1 unspecified atom stereocenters. The number of aliphatic hydroxyl groups is 1. The molecule has 0 amide bonds. The molecule has 0 spiro atoms. The molecule has 0 radical (unpaired) electrons. The van der Waals surface area contributed by atoms with Gasteiger partial charge >= 0.3 is 5.97 Å². The Morgan fingerprint density at radius 2 is 2.19 bits per heavy atom. The Kier molecular flexibility index (Phi) is 5.08. The molecule has 1 aromatic heterocycles. The quantitative estimate of drug-likeness (QED) is 0.719. The lowest BCUT2D eigenvalue weighted by Gasteiger charge is -2.19. The fourth-order valence-electron chi connectivity index (χ4n) is 2.18. The number of carboxylic acid groups (broad SMARTS) is 1. The third-order valence-corrected chi connectivity index (χ3v) is 3.14. The predicted octanol–water partition coefficient (Wildman–Crippen LogP) is 1.74. The highest BCUT2D eigenvalue weighted by molar-refractivity contribution is 5.97. The van der Waals surface area contributed by atoms with Gasteiger partial charge < -0.3 is 20.3 Å². The van der Waals surface area contributed by atoms with Crippen LogP contribution in [-0.4, -0.2) is 47.5 Å². The summed E-state index contributed by atoms with van der Waals surface area (Å²) in [5, 5.41) is 22.3. The van der Waals surface area contributed by atoms with Gasteiger partial charge in [-0.1, -0.05) is 18.2 Å². The molecule has 0 aliphatic rings. The Labute approximate surface area is 122 Å². The zero-order chi connectivity index (χ0) is 15.2. The van der Waals surface area contributed by atoms with E-state index in [4.69, 9.17) is 14.9 Å². The van der Waals surface area contributed by atoms with Gasteiger partial charge in [0.1, 0.15) is 0 Å². The maximum Gasteiger partial charge on any atom is 0.354 e. The lowest BCUT2D eigenvalue weighted by atomic mass is 10.1. The van der Waals surface area contributed by atoms with Gasteiger partial charge in [0.05, 0.1) is 18.2 Å². The van der Waals surface area contributed by atoms with E-state index in [9.17, 15) is 4.79 Å². The third-order valence-electron chi connectivity index (χ3n) is 3.14. The van der Waals surface area contributed by atoms with E-state index in [0.29, 0.717) is 24.2 Å². The topological polar surface area (TPSA) is 91.7 Å². The number of benzene rings is 1. The maximum atomic E-state index is 11.2. The molecule has 2 rings (SSSR count). The van der Waals surface area contributed by atoms with E-state index in [-0.39, 0.29) is 18.3 Å². The number of hydrogen-bond acceptors (Lipinski definition) is 5. The first-order valence-electron chi connectivity index (χ1n) is 6.65. The second kappa shape index (κ2) is 7.01. The summed E-state index contributed by atoms with van der Waals surface area (Å²) in [4.78, 5) is 15.3. The normalized spacial score (nSPS) is 12.3. The van der Waals surface area contributed by atoms with E-state index in [0.717, 1.165) is 5.39 Å². The molecule has 3 N–H and O–H groups in total. The first kappa shape index (κ1) is 15.2. The van der Waals surface area contributed by atoms with E-state index in [1.165, 1.54) is 6.07 Å². The van der Waals surface area contributed by atoms with Crippen molar-refractivity contribution in [3.05, 3.63) is 36.0 Å². The van der Waals surface area contributed by atoms with Crippen molar-refractivity contribution in [1.82, 2.24) is 4.98 Å². The number of nitrogens with zero attached hydrogens (tertiary/aromatic N) is 1. The van der Waals surface area contributed by atoms with E-state index in [2.05, 4.69) is 10.3 Å². The smallest absolute Gasteiger partial charge is 0.354 e. The van der Waals surface area contributed by atoms with Gasteiger partial charge in [-0.15, -0.1) is 0 Å². The van der Waals surface area contributed by atoms with Crippen LogP contribution in [0.4, 0.5) is 5.69 Å². The van der Waals surface area contributed by atoms with Crippen molar-refractivity contribution in [2.24, 2.45) is 0 Å². The fourth-order valence-corrected chi connectivity index (χ4v) is 2.18. The summed E-state index contributed by atoms with van der Waals surface area (Å²) < 4.78 is 5.11. The molecule has 6 nitrogen and oxygen atoms in total. The number of aromatic carboxylic acids is 1. The number of aliphatic hydroxyl groups excluding tert-OH is 1. The van der Waals surface area contributed by atoms with Crippen molar-refractivity contribution in [1.29, 1.82) is 0 Å². The summed E-state index contributed by atoms with van der Waals surface area (Å²) in [5.74, 6) is -1.07. The van der Waals surface area contributed by atoms with Gasteiger partial charge in [0.2, 0.25) is 0 Å². The molecule has 1 aromatic carbocycles. The largest absolute Gasteiger partial charge is 0.477 e. The van der Waals surface area contributed by atoms with Gasteiger partial charge in [-0.3, -0.25) is 0 Å². The van der Waals surface area contributed by atoms with Crippen LogP contribution < -0.4 is 5.32 Å². The van der Waals surface area contributed by atoms with Crippen molar-refractivity contribution < 1.29 is 19.7 Å². The van der Waals surface area contributed by atoms with Gasteiger partial charge in [0.15, 0.2) is 5.69 Å².